The Labute approximate surface area is 104 Å². The highest BCUT2D eigenvalue weighted by atomic mass is 35.5. The number of pyridine rings is 1. The highest BCUT2D eigenvalue weighted by molar-refractivity contribution is 6.31. The van der Waals surface area contributed by atoms with Gasteiger partial charge in [-0.25, -0.2) is 9.37 Å². The Bertz CT molecular complexity index is 584. The maximum absolute atomic E-state index is 13.0. The summed E-state index contributed by atoms with van der Waals surface area (Å²) in [6, 6.07) is 5.88. The molecule has 1 aromatic carbocycles. The molecule has 0 radical (unpaired) electrons. The molecule has 2 aromatic rings. The van der Waals surface area contributed by atoms with Gasteiger partial charge < -0.3 is 5.11 Å². The minimum Gasteiger partial charge on any atom is -0.506 e. The van der Waals surface area contributed by atoms with Crippen LogP contribution in [0.15, 0.2) is 24.3 Å². The second-order valence-corrected chi connectivity index (χ2v) is 4.29. The van der Waals surface area contributed by atoms with Crippen LogP contribution in [0.1, 0.15) is 11.3 Å². The number of aromatic hydroxyl groups is 1. The zero-order valence-electron chi connectivity index (χ0n) is 9.46. The van der Waals surface area contributed by atoms with E-state index in [0.717, 1.165) is 11.3 Å². The maximum Gasteiger partial charge on any atom is 0.142 e. The van der Waals surface area contributed by atoms with Crippen LogP contribution in [0.3, 0.4) is 0 Å². The predicted molar refractivity (Wildman–Crippen MR) is 65.8 cm³/mol. The Morgan fingerprint density at radius 3 is 2.59 bits per heavy atom. The fraction of sp³-hybridized carbons (Fsp3) is 0.154. The molecule has 0 atom stereocenters. The van der Waals surface area contributed by atoms with E-state index in [1.54, 1.807) is 6.07 Å². The van der Waals surface area contributed by atoms with Gasteiger partial charge in [0.15, 0.2) is 0 Å². The molecule has 1 aromatic heterocycles. The van der Waals surface area contributed by atoms with Crippen molar-refractivity contribution in [3.63, 3.8) is 0 Å². The van der Waals surface area contributed by atoms with Gasteiger partial charge in [-0.15, -0.1) is 0 Å². The molecule has 1 heterocycles. The second kappa shape index (κ2) is 4.34. The van der Waals surface area contributed by atoms with Crippen LogP contribution in [0, 0.1) is 19.7 Å². The number of nitrogens with zero attached hydrogens (tertiary/aromatic N) is 1. The summed E-state index contributed by atoms with van der Waals surface area (Å²) in [4.78, 5) is 4.28. The van der Waals surface area contributed by atoms with Crippen molar-refractivity contribution in [2.75, 3.05) is 0 Å². The molecule has 2 nitrogen and oxygen atoms in total. The fourth-order valence-corrected chi connectivity index (χ4v) is 1.73. The summed E-state index contributed by atoms with van der Waals surface area (Å²) in [6.07, 6.45) is 0. The molecular formula is C13H11ClFNO. The summed E-state index contributed by atoms with van der Waals surface area (Å²) < 4.78 is 13.0. The van der Waals surface area contributed by atoms with Crippen molar-refractivity contribution in [3.8, 4) is 17.0 Å². The van der Waals surface area contributed by atoms with E-state index in [1.807, 2.05) is 13.8 Å². The summed E-state index contributed by atoms with van der Waals surface area (Å²) in [5, 5.41) is 9.85. The molecule has 1 N–H and O–H groups in total. The van der Waals surface area contributed by atoms with Gasteiger partial charge in [0.2, 0.25) is 0 Å². The largest absolute Gasteiger partial charge is 0.506 e. The van der Waals surface area contributed by atoms with Crippen molar-refractivity contribution in [3.05, 3.63) is 46.4 Å². The molecule has 0 saturated carbocycles. The number of halogens is 2. The number of hydrogen-bond acceptors (Lipinski definition) is 2. The zero-order valence-corrected chi connectivity index (χ0v) is 10.2. The standard InChI is InChI=1S/C13H11ClFNO/c1-7-5-12(17)13(16-8(7)2)9-3-4-11(15)10(14)6-9/h3-6,17H,1-2H3. The average molecular weight is 252 g/mol. The molecule has 17 heavy (non-hydrogen) atoms. The Kier molecular flexibility index (Phi) is 3.03. The SMILES string of the molecule is Cc1cc(O)c(-c2ccc(F)c(Cl)c2)nc1C. The molecule has 0 unspecified atom stereocenters. The third-order valence-electron chi connectivity index (χ3n) is 2.64. The topological polar surface area (TPSA) is 33.1 Å². The molecule has 0 aliphatic carbocycles. The lowest BCUT2D eigenvalue weighted by Gasteiger charge is -2.08. The van der Waals surface area contributed by atoms with Crippen LogP contribution < -0.4 is 0 Å². The minimum atomic E-state index is -0.487. The van der Waals surface area contributed by atoms with Crippen LogP contribution in [0.2, 0.25) is 5.02 Å². The third-order valence-corrected chi connectivity index (χ3v) is 2.93. The van der Waals surface area contributed by atoms with Gasteiger partial charge in [0, 0.05) is 11.3 Å². The van der Waals surface area contributed by atoms with E-state index < -0.39 is 5.82 Å². The molecule has 0 aliphatic rings. The molecule has 0 amide bonds. The van der Waals surface area contributed by atoms with Crippen LogP contribution in [0.5, 0.6) is 5.75 Å². The smallest absolute Gasteiger partial charge is 0.142 e. The summed E-state index contributed by atoms with van der Waals surface area (Å²) in [5.74, 6) is -0.422. The molecule has 4 heteroatoms. The minimum absolute atomic E-state index is 0.0157. The van der Waals surface area contributed by atoms with Crippen molar-refractivity contribution < 1.29 is 9.50 Å². The monoisotopic (exact) mass is 251 g/mol. The molecule has 0 fully saturated rings. The van der Waals surface area contributed by atoms with Crippen molar-refractivity contribution in [1.29, 1.82) is 0 Å². The van der Waals surface area contributed by atoms with Gasteiger partial charge in [0.25, 0.3) is 0 Å². The first-order valence-corrected chi connectivity index (χ1v) is 5.49. The van der Waals surface area contributed by atoms with Crippen molar-refractivity contribution in [2.45, 2.75) is 13.8 Å². The molecular weight excluding hydrogens is 241 g/mol. The lowest BCUT2D eigenvalue weighted by atomic mass is 10.1. The molecule has 88 valence electrons. The normalized spacial score (nSPS) is 10.6. The average Bonchev–Trinajstić information content (AvgIpc) is 2.27. The molecule has 0 aliphatic heterocycles. The highest BCUT2D eigenvalue weighted by Gasteiger charge is 2.10. The first-order valence-electron chi connectivity index (χ1n) is 5.11. The van der Waals surface area contributed by atoms with Crippen LogP contribution in [-0.4, -0.2) is 10.1 Å². The summed E-state index contributed by atoms with van der Waals surface area (Å²) in [7, 11) is 0. The van der Waals surface area contributed by atoms with Gasteiger partial charge in [-0.3, -0.25) is 0 Å². The van der Waals surface area contributed by atoms with Gasteiger partial charge in [-0.2, -0.15) is 0 Å². The Hall–Kier alpha value is -1.61. The lowest BCUT2D eigenvalue weighted by Crippen LogP contribution is -1.92. The number of hydrogen-bond donors (Lipinski definition) is 1. The molecule has 2 rings (SSSR count). The van der Waals surface area contributed by atoms with Crippen molar-refractivity contribution in [1.82, 2.24) is 4.98 Å². The zero-order chi connectivity index (χ0) is 12.6. The van der Waals surface area contributed by atoms with Crippen LogP contribution in [-0.2, 0) is 0 Å². The summed E-state index contributed by atoms with van der Waals surface area (Å²) >= 11 is 5.70. The molecule has 0 bridgehead atoms. The lowest BCUT2D eigenvalue weighted by molar-refractivity contribution is 0.474. The first-order chi connectivity index (χ1) is 7.99. The first kappa shape index (κ1) is 11.9. The van der Waals surface area contributed by atoms with Gasteiger partial charge in [-0.1, -0.05) is 11.6 Å². The van der Waals surface area contributed by atoms with E-state index in [9.17, 15) is 9.50 Å². The van der Waals surface area contributed by atoms with E-state index in [1.165, 1.54) is 18.2 Å². The number of benzene rings is 1. The van der Waals surface area contributed by atoms with Crippen molar-refractivity contribution >= 4 is 11.6 Å². The molecule has 0 saturated heterocycles. The Morgan fingerprint density at radius 1 is 1.24 bits per heavy atom. The summed E-state index contributed by atoms with van der Waals surface area (Å²) in [6.45, 7) is 3.72. The van der Waals surface area contributed by atoms with Crippen LogP contribution in [0.25, 0.3) is 11.3 Å². The predicted octanol–water partition coefficient (Wildman–Crippen LogP) is 3.86. The number of rotatable bonds is 1. The Balaban J connectivity index is 2.60. The van der Waals surface area contributed by atoms with Crippen LogP contribution >= 0.6 is 11.6 Å². The highest BCUT2D eigenvalue weighted by Crippen LogP contribution is 2.31. The number of aromatic nitrogens is 1. The van der Waals surface area contributed by atoms with Crippen LogP contribution in [0.4, 0.5) is 4.39 Å². The maximum atomic E-state index is 13.0. The second-order valence-electron chi connectivity index (χ2n) is 3.89. The Morgan fingerprint density at radius 2 is 1.94 bits per heavy atom. The van der Waals surface area contributed by atoms with Gasteiger partial charge in [0.1, 0.15) is 17.3 Å². The van der Waals surface area contributed by atoms with E-state index in [2.05, 4.69) is 4.98 Å². The molecule has 0 spiro atoms. The summed E-state index contributed by atoms with van der Waals surface area (Å²) in [5.41, 5.74) is 2.73. The van der Waals surface area contributed by atoms with E-state index in [4.69, 9.17) is 11.6 Å². The third kappa shape index (κ3) is 2.24. The quantitative estimate of drug-likeness (QED) is 0.835. The van der Waals surface area contributed by atoms with E-state index in [-0.39, 0.29) is 10.8 Å². The fourth-order valence-electron chi connectivity index (χ4n) is 1.55. The van der Waals surface area contributed by atoms with Crippen molar-refractivity contribution in [2.24, 2.45) is 0 Å². The van der Waals surface area contributed by atoms with Gasteiger partial charge >= 0.3 is 0 Å². The van der Waals surface area contributed by atoms with Gasteiger partial charge in [0.05, 0.1) is 5.02 Å². The number of aryl methyl sites for hydroxylation is 2. The van der Waals surface area contributed by atoms with E-state index >= 15 is 0 Å². The van der Waals surface area contributed by atoms with Gasteiger partial charge in [-0.05, 0) is 43.7 Å². The van der Waals surface area contributed by atoms with E-state index in [0.29, 0.717) is 11.3 Å².